The number of amides is 1. The van der Waals surface area contributed by atoms with Gasteiger partial charge in [-0.2, -0.15) is 10.2 Å². The highest BCUT2D eigenvalue weighted by molar-refractivity contribution is 6.05. The Bertz CT molecular complexity index is 641. The molecular formula is C16H19N3O2. The number of carbonyl (C=O) groups excluding carboxylic acids is 1. The summed E-state index contributed by atoms with van der Waals surface area (Å²) >= 11 is 0. The fraction of sp³-hybridized carbons (Fsp3) is 0.312. The average Bonchev–Trinajstić information content (AvgIpc) is 2.48. The van der Waals surface area contributed by atoms with Gasteiger partial charge in [-0.1, -0.05) is 12.1 Å². The van der Waals surface area contributed by atoms with Crippen molar-refractivity contribution >= 4 is 11.6 Å². The van der Waals surface area contributed by atoms with Crippen molar-refractivity contribution in [3.8, 4) is 0 Å². The fourth-order valence-corrected chi connectivity index (χ4v) is 2.07. The molecule has 1 aromatic carbocycles. The number of benzene rings is 1. The van der Waals surface area contributed by atoms with E-state index in [-0.39, 0.29) is 12.5 Å². The maximum Gasteiger partial charge on any atom is 0.257 e. The maximum atomic E-state index is 12.3. The summed E-state index contributed by atoms with van der Waals surface area (Å²) in [4.78, 5) is 12.3. The van der Waals surface area contributed by atoms with Crippen LogP contribution >= 0.6 is 0 Å². The second-order valence-corrected chi connectivity index (χ2v) is 4.97. The number of anilines is 1. The van der Waals surface area contributed by atoms with Crippen molar-refractivity contribution in [3.63, 3.8) is 0 Å². The second-order valence-electron chi connectivity index (χ2n) is 4.97. The third kappa shape index (κ3) is 4.10. The molecule has 0 saturated carbocycles. The van der Waals surface area contributed by atoms with E-state index in [0.29, 0.717) is 23.4 Å². The van der Waals surface area contributed by atoms with Crippen LogP contribution in [-0.2, 0) is 6.42 Å². The number of hydrogen-bond donors (Lipinski definition) is 2. The van der Waals surface area contributed by atoms with Crippen LogP contribution in [0.2, 0.25) is 0 Å². The van der Waals surface area contributed by atoms with Crippen LogP contribution in [0.5, 0.6) is 0 Å². The van der Waals surface area contributed by atoms with E-state index in [4.69, 9.17) is 5.11 Å². The number of aryl methyl sites for hydroxylation is 3. The van der Waals surface area contributed by atoms with Crippen molar-refractivity contribution in [3.05, 3.63) is 52.8 Å². The van der Waals surface area contributed by atoms with Crippen molar-refractivity contribution < 1.29 is 9.90 Å². The molecule has 1 aromatic heterocycles. The Morgan fingerprint density at radius 1 is 1.24 bits per heavy atom. The SMILES string of the molecule is Cc1cc(C(=O)Nc2cccc(CCCO)c2)c(C)nn1. The number of aromatic nitrogens is 2. The Kier molecular flexibility index (Phi) is 5.00. The van der Waals surface area contributed by atoms with Crippen LogP contribution in [0.15, 0.2) is 30.3 Å². The van der Waals surface area contributed by atoms with Gasteiger partial charge in [-0.25, -0.2) is 0 Å². The van der Waals surface area contributed by atoms with Crippen molar-refractivity contribution in [2.75, 3.05) is 11.9 Å². The Morgan fingerprint density at radius 2 is 2.05 bits per heavy atom. The Balaban J connectivity index is 2.14. The zero-order valence-electron chi connectivity index (χ0n) is 12.3. The standard InChI is InChI=1S/C16H19N3O2/c1-11-9-15(12(2)19-18-11)16(21)17-14-7-3-5-13(10-14)6-4-8-20/h3,5,7,9-10,20H,4,6,8H2,1-2H3,(H,17,21). The summed E-state index contributed by atoms with van der Waals surface area (Å²) in [6, 6.07) is 9.37. The first-order valence-electron chi connectivity index (χ1n) is 6.92. The van der Waals surface area contributed by atoms with E-state index < -0.39 is 0 Å². The van der Waals surface area contributed by atoms with Crippen LogP contribution in [0.4, 0.5) is 5.69 Å². The summed E-state index contributed by atoms with van der Waals surface area (Å²) in [5.74, 6) is -0.190. The Labute approximate surface area is 124 Å². The maximum absolute atomic E-state index is 12.3. The molecule has 0 fully saturated rings. The van der Waals surface area contributed by atoms with E-state index >= 15 is 0 Å². The summed E-state index contributed by atoms with van der Waals surface area (Å²) in [5, 5.41) is 19.6. The van der Waals surface area contributed by atoms with Gasteiger partial charge in [-0.05, 0) is 50.5 Å². The lowest BCUT2D eigenvalue weighted by atomic mass is 10.1. The zero-order chi connectivity index (χ0) is 15.2. The van der Waals surface area contributed by atoms with Crippen molar-refractivity contribution in [2.24, 2.45) is 0 Å². The minimum Gasteiger partial charge on any atom is -0.396 e. The number of nitrogens with one attached hydrogen (secondary N) is 1. The highest BCUT2D eigenvalue weighted by Gasteiger charge is 2.11. The van der Waals surface area contributed by atoms with Gasteiger partial charge in [0.25, 0.3) is 5.91 Å². The second kappa shape index (κ2) is 6.95. The van der Waals surface area contributed by atoms with Crippen LogP contribution in [0, 0.1) is 13.8 Å². The van der Waals surface area contributed by atoms with Crippen molar-refractivity contribution in [1.29, 1.82) is 0 Å². The molecule has 5 heteroatoms. The van der Waals surface area contributed by atoms with E-state index in [2.05, 4.69) is 15.5 Å². The van der Waals surface area contributed by atoms with Crippen molar-refractivity contribution in [1.82, 2.24) is 10.2 Å². The van der Waals surface area contributed by atoms with Gasteiger partial charge in [0.1, 0.15) is 0 Å². The van der Waals surface area contributed by atoms with Gasteiger partial charge in [-0.15, -0.1) is 0 Å². The summed E-state index contributed by atoms with van der Waals surface area (Å²) in [5.41, 5.74) is 3.67. The van der Waals surface area contributed by atoms with E-state index in [9.17, 15) is 4.79 Å². The number of aliphatic hydroxyl groups is 1. The molecule has 2 N–H and O–H groups in total. The molecule has 0 saturated heterocycles. The average molecular weight is 285 g/mol. The molecule has 110 valence electrons. The molecule has 0 radical (unpaired) electrons. The molecule has 0 spiro atoms. The van der Waals surface area contributed by atoms with E-state index in [1.807, 2.05) is 24.3 Å². The number of aliphatic hydroxyl groups excluding tert-OH is 1. The summed E-state index contributed by atoms with van der Waals surface area (Å²) in [6.07, 6.45) is 1.50. The summed E-state index contributed by atoms with van der Waals surface area (Å²) in [6.45, 7) is 3.73. The molecule has 0 unspecified atom stereocenters. The lowest BCUT2D eigenvalue weighted by molar-refractivity contribution is 0.102. The van der Waals surface area contributed by atoms with E-state index in [0.717, 1.165) is 17.7 Å². The van der Waals surface area contributed by atoms with Gasteiger partial charge in [0.15, 0.2) is 0 Å². The number of carbonyl (C=O) groups is 1. The molecule has 5 nitrogen and oxygen atoms in total. The molecule has 0 bridgehead atoms. The van der Waals surface area contributed by atoms with Gasteiger partial charge in [-0.3, -0.25) is 4.79 Å². The molecule has 21 heavy (non-hydrogen) atoms. The van der Waals surface area contributed by atoms with Crippen molar-refractivity contribution in [2.45, 2.75) is 26.7 Å². The smallest absolute Gasteiger partial charge is 0.257 e. The lowest BCUT2D eigenvalue weighted by Crippen LogP contribution is -2.15. The van der Waals surface area contributed by atoms with E-state index in [1.54, 1.807) is 19.9 Å². The van der Waals surface area contributed by atoms with Crippen LogP contribution in [0.25, 0.3) is 0 Å². The molecule has 2 rings (SSSR count). The predicted octanol–water partition coefficient (Wildman–Crippen LogP) is 2.27. The highest BCUT2D eigenvalue weighted by Crippen LogP contribution is 2.14. The number of nitrogens with zero attached hydrogens (tertiary/aromatic N) is 2. The minimum atomic E-state index is -0.190. The number of rotatable bonds is 5. The van der Waals surface area contributed by atoms with Gasteiger partial charge < -0.3 is 10.4 Å². The van der Waals surface area contributed by atoms with Gasteiger partial charge >= 0.3 is 0 Å². The molecule has 0 aliphatic rings. The highest BCUT2D eigenvalue weighted by atomic mass is 16.2. The Morgan fingerprint density at radius 3 is 2.81 bits per heavy atom. The molecule has 0 atom stereocenters. The first kappa shape index (κ1) is 15.1. The lowest BCUT2D eigenvalue weighted by Gasteiger charge is -2.09. The quantitative estimate of drug-likeness (QED) is 0.883. The van der Waals surface area contributed by atoms with Gasteiger partial charge in [0.2, 0.25) is 0 Å². The van der Waals surface area contributed by atoms with E-state index in [1.165, 1.54) is 0 Å². The Hall–Kier alpha value is -2.27. The third-order valence-corrected chi connectivity index (χ3v) is 3.15. The first-order valence-corrected chi connectivity index (χ1v) is 6.92. The predicted molar refractivity (Wildman–Crippen MR) is 81.3 cm³/mol. The summed E-state index contributed by atoms with van der Waals surface area (Å²) in [7, 11) is 0. The molecule has 2 aromatic rings. The minimum absolute atomic E-state index is 0.164. The molecule has 1 heterocycles. The molecule has 0 aliphatic heterocycles. The summed E-state index contributed by atoms with van der Waals surface area (Å²) < 4.78 is 0. The zero-order valence-corrected chi connectivity index (χ0v) is 12.3. The van der Waals surface area contributed by atoms with Crippen LogP contribution in [0.3, 0.4) is 0 Å². The first-order chi connectivity index (χ1) is 10.1. The third-order valence-electron chi connectivity index (χ3n) is 3.15. The molecular weight excluding hydrogens is 266 g/mol. The van der Waals surface area contributed by atoms with Gasteiger partial charge in [0.05, 0.1) is 17.0 Å². The number of hydrogen-bond acceptors (Lipinski definition) is 4. The van der Waals surface area contributed by atoms with Crippen LogP contribution in [-0.4, -0.2) is 27.8 Å². The van der Waals surface area contributed by atoms with Crippen LogP contribution in [0.1, 0.15) is 33.7 Å². The van der Waals surface area contributed by atoms with Crippen LogP contribution < -0.4 is 5.32 Å². The van der Waals surface area contributed by atoms with Gasteiger partial charge in [0, 0.05) is 12.3 Å². The monoisotopic (exact) mass is 285 g/mol. The topological polar surface area (TPSA) is 75.1 Å². The largest absolute Gasteiger partial charge is 0.396 e. The molecule has 0 aliphatic carbocycles. The normalized spacial score (nSPS) is 10.4. The molecule has 1 amide bonds. The fourth-order valence-electron chi connectivity index (χ4n) is 2.07.